The van der Waals surface area contributed by atoms with Crippen LogP contribution in [0.5, 0.6) is 0 Å². The van der Waals surface area contributed by atoms with Gasteiger partial charge in [-0.15, -0.1) is 0 Å². The summed E-state index contributed by atoms with van der Waals surface area (Å²) in [5.74, 6) is -0.300. The lowest BCUT2D eigenvalue weighted by Gasteiger charge is -2.48. The molecule has 82 heavy (non-hydrogen) atoms. The third-order valence-corrected chi connectivity index (χ3v) is 15.8. The minimum atomic E-state index is -1.98. The molecule has 19 nitrogen and oxygen atoms in total. The van der Waals surface area contributed by atoms with Gasteiger partial charge < -0.3 is 89.9 Å². The van der Waals surface area contributed by atoms with E-state index < -0.39 is 124 Å². The summed E-state index contributed by atoms with van der Waals surface area (Å²) in [4.78, 5) is 13.3. The second kappa shape index (κ2) is 46.0. The lowest BCUT2D eigenvalue weighted by Crippen LogP contribution is -2.66. The molecule has 12 N–H and O–H groups in total. The van der Waals surface area contributed by atoms with Crippen LogP contribution in [0, 0.1) is 0 Å². The summed E-state index contributed by atoms with van der Waals surface area (Å²) in [5.41, 5.74) is 0. The summed E-state index contributed by atoms with van der Waals surface area (Å²) < 4.78 is 34.2. The summed E-state index contributed by atoms with van der Waals surface area (Å²) >= 11 is 0. The van der Waals surface area contributed by atoms with Crippen LogP contribution in [0.15, 0.2) is 48.6 Å². The largest absolute Gasteiger partial charge is 0.394 e. The molecule has 0 aromatic carbocycles. The van der Waals surface area contributed by atoms with Crippen LogP contribution in [0.25, 0.3) is 0 Å². The van der Waals surface area contributed by atoms with Crippen LogP contribution in [0.1, 0.15) is 213 Å². The molecule has 0 radical (unpaired) electrons. The highest BCUT2D eigenvalue weighted by Gasteiger charge is 2.53. The molecule has 0 saturated carbocycles. The van der Waals surface area contributed by atoms with E-state index in [4.69, 9.17) is 28.4 Å². The van der Waals surface area contributed by atoms with Crippen molar-refractivity contribution < 1.29 is 89.4 Å². The van der Waals surface area contributed by atoms with E-state index in [1.54, 1.807) is 6.08 Å². The number of aliphatic hydroxyl groups is 11. The van der Waals surface area contributed by atoms with Crippen LogP contribution in [-0.2, 0) is 33.2 Å². The molecule has 0 aliphatic carbocycles. The molecule has 0 aromatic heterocycles. The fourth-order valence-corrected chi connectivity index (χ4v) is 10.6. The van der Waals surface area contributed by atoms with Gasteiger partial charge in [-0.1, -0.05) is 191 Å². The minimum Gasteiger partial charge on any atom is -0.394 e. The molecule has 478 valence electrons. The molecule has 3 aliphatic rings. The quantitative estimate of drug-likeness (QED) is 0.0224. The molecule has 0 aromatic rings. The number of hydrogen-bond acceptors (Lipinski definition) is 18. The molecular formula is C63H113NO18. The number of allylic oxidation sites excluding steroid dienone is 7. The Morgan fingerprint density at radius 1 is 0.439 bits per heavy atom. The van der Waals surface area contributed by atoms with E-state index in [1.807, 2.05) is 6.08 Å². The van der Waals surface area contributed by atoms with E-state index in [9.17, 15) is 61.0 Å². The summed E-state index contributed by atoms with van der Waals surface area (Å²) in [6.45, 7) is 1.68. The van der Waals surface area contributed by atoms with Crippen molar-refractivity contribution in [2.24, 2.45) is 0 Å². The molecular weight excluding hydrogens is 1060 g/mol. The lowest BCUT2D eigenvalue weighted by molar-refractivity contribution is -0.379. The third-order valence-electron chi connectivity index (χ3n) is 15.8. The molecule has 3 rings (SSSR count). The maximum atomic E-state index is 13.3. The van der Waals surface area contributed by atoms with Crippen LogP contribution in [0.3, 0.4) is 0 Å². The van der Waals surface area contributed by atoms with Gasteiger partial charge in [0.15, 0.2) is 18.9 Å². The third kappa shape index (κ3) is 29.0. The number of aliphatic hydroxyl groups excluding tert-OH is 11. The highest BCUT2D eigenvalue weighted by molar-refractivity contribution is 5.76. The van der Waals surface area contributed by atoms with Crippen LogP contribution in [0.4, 0.5) is 0 Å². The number of hydrogen-bond donors (Lipinski definition) is 12. The first-order valence-electron chi connectivity index (χ1n) is 31.9. The lowest BCUT2D eigenvalue weighted by atomic mass is 9.96. The molecule has 3 saturated heterocycles. The first-order valence-corrected chi connectivity index (χ1v) is 31.9. The smallest absolute Gasteiger partial charge is 0.220 e. The summed E-state index contributed by atoms with van der Waals surface area (Å²) in [6.07, 6.45) is 25.2. The molecule has 19 heteroatoms. The van der Waals surface area contributed by atoms with Gasteiger partial charge in [-0.3, -0.25) is 4.79 Å². The zero-order chi connectivity index (χ0) is 59.7. The number of carbonyl (C=O) groups excluding carboxylic acids is 1. The van der Waals surface area contributed by atoms with Crippen LogP contribution in [0.2, 0.25) is 0 Å². The first-order chi connectivity index (χ1) is 39.8. The van der Waals surface area contributed by atoms with Crippen molar-refractivity contribution in [1.82, 2.24) is 5.32 Å². The van der Waals surface area contributed by atoms with Crippen molar-refractivity contribution in [3.8, 4) is 0 Å². The van der Waals surface area contributed by atoms with Crippen molar-refractivity contribution >= 4 is 5.91 Å². The van der Waals surface area contributed by atoms with E-state index in [-0.39, 0.29) is 18.9 Å². The first kappa shape index (κ1) is 74.0. The van der Waals surface area contributed by atoms with Gasteiger partial charge in [0.05, 0.1) is 38.6 Å². The second-order valence-electron chi connectivity index (χ2n) is 22.9. The predicted octanol–water partition coefficient (Wildman–Crippen LogP) is 6.65. The van der Waals surface area contributed by atoms with Gasteiger partial charge in [0, 0.05) is 6.42 Å². The maximum Gasteiger partial charge on any atom is 0.220 e. The fraction of sp³-hybridized carbons (Fsp3) is 0.857. The Balaban J connectivity index is 1.50. The Hall–Kier alpha value is -2.25. The number of nitrogens with one attached hydrogen (secondary N) is 1. The standard InChI is InChI=1S/C63H113NO18/c1-3-5-7-9-11-13-15-17-19-21-22-23-24-25-26-28-30-32-34-36-38-40-47(68)46(64-51(69)41-39-37-35-33-31-29-27-20-18-16-14-12-10-8-6-4-2)45-77-61-57(75)54(72)59(49(43-66)79-61)82-63-58(76)55(73)60(50(44-67)80-63)81-62-56(74)53(71)52(70)48(42-65)78-62/h14,16,20,27,30,32,38,40,46-50,52-63,65-68,70-76H,3-13,15,17-19,21-26,28-29,31,33-37,39,41-45H2,1-2H3,(H,64,69)/b16-14-,27-20-,32-30+,40-38+. The van der Waals surface area contributed by atoms with Crippen LogP contribution < -0.4 is 5.32 Å². The Labute approximate surface area is 491 Å². The predicted molar refractivity (Wildman–Crippen MR) is 314 cm³/mol. The molecule has 0 bridgehead atoms. The van der Waals surface area contributed by atoms with Gasteiger partial charge in [-0.25, -0.2) is 0 Å². The average Bonchev–Trinajstić information content (AvgIpc) is 3.24. The Bertz CT molecular complexity index is 1680. The Kier molecular flexibility index (Phi) is 41.5. The SMILES string of the molecule is CCCCCC/C=C\C/C=C\CCCCCCCC(=O)NC(COC1OC(CO)C(OC2OC(CO)C(OC3OC(CO)C(O)C(O)C3O)C(O)C2O)C(O)C1O)C(O)/C=C/CC/C=C/CCCCCCCCCCCCCCCCC. The zero-order valence-corrected chi connectivity index (χ0v) is 50.0. The van der Waals surface area contributed by atoms with Gasteiger partial charge in [0.1, 0.15) is 73.2 Å². The molecule has 17 unspecified atom stereocenters. The van der Waals surface area contributed by atoms with E-state index >= 15 is 0 Å². The highest BCUT2D eigenvalue weighted by Crippen LogP contribution is 2.33. The normalized spacial score (nSPS) is 29.9. The van der Waals surface area contributed by atoms with Crippen molar-refractivity contribution in [2.45, 2.75) is 317 Å². The fourth-order valence-electron chi connectivity index (χ4n) is 10.6. The number of carbonyl (C=O) groups is 1. The maximum absolute atomic E-state index is 13.3. The van der Waals surface area contributed by atoms with E-state index in [0.29, 0.717) is 12.8 Å². The van der Waals surface area contributed by atoms with Gasteiger partial charge in [-0.2, -0.15) is 0 Å². The van der Waals surface area contributed by atoms with Crippen molar-refractivity contribution in [3.05, 3.63) is 48.6 Å². The number of unbranched alkanes of at least 4 members (excludes halogenated alkanes) is 25. The van der Waals surface area contributed by atoms with Gasteiger partial charge in [0.2, 0.25) is 5.91 Å². The van der Waals surface area contributed by atoms with E-state index in [0.717, 1.165) is 64.2 Å². The highest BCUT2D eigenvalue weighted by atomic mass is 16.8. The summed E-state index contributed by atoms with van der Waals surface area (Å²) in [6, 6.07) is -0.998. The van der Waals surface area contributed by atoms with Crippen molar-refractivity contribution in [2.75, 3.05) is 26.4 Å². The van der Waals surface area contributed by atoms with Gasteiger partial charge in [-0.05, 0) is 64.2 Å². The second-order valence-corrected chi connectivity index (χ2v) is 22.9. The number of amides is 1. The molecule has 0 spiro atoms. The van der Waals surface area contributed by atoms with Crippen LogP contribution >= 0.6 is 0 Å². The zero-order valence-electron chi connectivity index (χ0n) is 50.0. The molecule has 3 aliphatic heterocycles. The Morgan fingerprint density at radius 3 is 1.30 bits per heavy atom. The summed E-state index contributed by atoms with van der Waals surface area (Å²) in [5, 5.41) is 120. The Morgan fingerprint density at radius 2 is 0.817 bits per heavy atom. The van der Waals surface area contributed by atoms with Gasteiger partial charge in [0.25, 0.3) is 0 Å². The summed E-state index contributed by atoms with van der Waals surface area (Å²) in [7, 11) is 0. The van der Waals surface area contributed by atoms with Gasteiger partial charge >= 0.3 is 0 Å². The van der Waals surface area contributed by atoms with Crippen molar-refractivity contribution in [3.63, 3.8) is 0 Å². The van der Waals surface area contributed by atoms with E-state index in [1.165, 1.54) is 116 Å². The average molecular weight is 1170 g/mol. The molecule has 1 amide bonds. The molecule has 3 fully saturated rings. The van der Waals surface area contributed by atoms with E-state index in [2.05, 4.69) is 55.6 Å². The number of ether oxygens (including phenoxy) is 6. The van der Waals surface area contributed by atoms with Crippen molar-refractivity contribution in [1.29, 1.82) is 0 Å². The molecule has 17 atom stereocenters. The minimum absolute atomic E-state index is 0.218. The topological polar surface area (TPSA) is 307 Å². The number of rotatable bonds is 47. The molecule has 3 heterocycles. The monoisotopic (exact) mass is 1170 g/mol. The van der Waals surface area contributed by atoms with Crippen LogP contribution in [-0.4, -0.2) is 193 Å².